The smallest absolute Gasteiger partial charge is 0.101 e. The van der Waals surface area contributed by atoms with Crippen molar-refractivity contribution in [3.05, 3.63) is 12.4 Å². The van der Waals surface area contributed by atoms with Crippen LogP contribution in [0.5, 0.6) is 0 Å². The van der Waals surface area contributed by atoms with Crippen LogP contribution in [0.4, 0.5) is 0 Å². The third-order valence-corrected chi connectivity index (χ3v) is 6.17. The third-order valence-electron chi connectivity index (χ3n) is 6.17. The Hall–Kier alpha value is -0.660. The lowest BCUT2D eigenvalue weighted by atomic mass is 10.0. The van der Waals surface area contributed by atoms with Crippen molar-refractivity contribution in [2.75, 3.05) is 13.1 Å². The highest BCUT2D eigenvalue weighted by Crippen LogP contribution is 2.22. The van der Waals surface area contributed by atoms with Gasteiger partial charge in [-0.25, -0.2) is 0 Å². The van der Waals surface area contributed by atoms with E-state index in [1.807, 2.05) is 0 Å². The van der Waals surface area contributed by atoms with Crippen molar-refractivity contribution in [2.45, 2.75) is 136 Å². The van der Waals surface area contributed by atoms with Crippen molar-refractivity contribution in [2.24, 2.45) is 0 Å². The van der Waals surface area contributed by atoms with Crippen LogP contribution in [0.2, 0.25) is 0 Å². The first-order valence-corrected chi connectivity index (χ1v) is 12.5. The lowest BCUT2D eigenvalue weighted by molar-refractivity contribution is 0.143. The molecule has 0 aromatic heterocycles. The standard InChI is InChI=1S/C25H50N2/c1-4-7-9-10-11-12-13-14-15-16-17-18-19-20-21-25-26(6-3)23-24-27(25)22-8-5-2/h23-25H,4-22H2,1-3H3. The van der Waals surface area contributed by atoms with Gasteiger partial charge in [-0.05, 0) is 26.2 Å². The fourth-order valence-corrected chi connectivity index (χ4v) is 4.29. The molecule has 1 aliphatic heterocycles. The average molecular weight is 379 g/mol. The highest BCUT2D eigenvalue weighted by atomic mass is 15.4. The molecule has 160 valence electrons. The summed E-state index contributed by atoms with van der Waals surface area (Å²) < 4.78 is 0. The molecule has 0 fully saturated rings. The summed E-state index contributed by atoms with van der Waals surface area (Å²) in [5.41, 5.74) is 0. The monoisotopic (exact) mass is 378 g/mol. The first kappa shape index (κ1) is 24.4. The van der Waals surface area contributed by atoms with Gasteiger partial charge in [0.15, 0.2) is 0 Å². The number of rotatable bonds is 19. The Balaban J connectivity index is 1.91. The maximum atomic E-state index is 2.58. The number of unbranched alkanes of at least 4 members (excludes halogenated alkanes) is 14. The zero-order chi connectivity index (χ0) is 19.6. The van der Waals surface area contributed by atoms with E-state index in [0.29, 0.717) is 6.17 Å². The molecule has 0 aromatic rings. The van der Waals surface area contributed by atoms with E-state index in [-0.39, 0.29) is 0 Å². The lowest BCUT2D eigenvalue weighted by Crippen LogP contribution is -2.38. The fourth-order valence-electron chi connectivity index (χ4n) is 4.29. The zero-order valence-electron chi connectivity index (χ0n) is 19.1. The van der Waals surface area contributed by atoms with Gasteiger partial charge >= 0.3 is 0 Å². The van der Waals surface area contributed by atoms with Crippen LogP contribution in [0.25, 0.3) is 0 Å². The van der Waals surface area contributed by atoms with Gasteiger partial charge in [-0.3, -0.25) is 0 Å². The second kappa shape index (κ2) is 17.4. The minimum atomic E-state index is 0.638. The van der Waals surface area contributed by atoms with Crippen molar-refractivity contribution < 1.29 is 0 Å². The molecule has 1 rings (SSSR count). The minimum Gasteiger partial charge on any atom is -0.356 e. The van der Waals surface area contributed by atoms with Crippen molar-refractivity contribution in [1.29, 1.82) is 0 Å². The van der Waals surface area contributed by atoms with Crippen LogP contribution in [0, 0.1) is 0 Å². The molecular formula is C25H50N2. The minimum absolute atomic E-state index is 0.638. The van der Waals surface area contributed by atoms with Gasteiger partial charge < -0.3 is 9.80 Å². The third kappa shape index (κ3) is 11.7. The summed E-state index contributed by atoms with van der Waals surface area (Å²) in [4.78, 5) is 5.10. The summed E-state index contributed by atoms with van der Waals surface area (Å²) in [6.07, 6.45) is 29.5. The molecule has 1 aliphatic rings. The van der Waals surface area contributed by atoms with Crippen LogP contribution in [-0.4, -0.2) is 29.1 Å². The molecule has 0 saturated heterocycles. The molecule has 2 heteroatoms. The van der Waals surface area contributed by atoms with Crippen molar-refractivity contribution in [3.8, 4) is 0 Å². The molecule has 0 saturated carbocycles. The molecule has 0 aromatic carbocycles. The van der Waals surface area contributed by atoms with E-state index in [0.717, 1.165) is 6.54 Å². The van der Waals surface area contributed by atoms with Gasteiger partial charge in [0.1, 0.15) is 6.17 Å². The van der Waals surface area contributed by atoms with Crippen LogP contribution < -0.4 is 0 Å². The largest absolute Gasteiger partial charge is 0.356 e. The zero-order valence-corrected chi connectivity index (χ0v) is 19.1. The van der Waals surface area contributed by atoms with E-state index in [9.17, 15) is 0 Å². The maximum absolute atomic E-state index is 2.58. The fraction of sp³-hybridized carbons (Fsp3) is 0.920. The predicted octanol–water partition coefficient (Wildman–Crippen LogP) is 8.09. The summed E-state index contributed by atoms with van der Waals surface area (Å²) in [6.45, 7) is 9.25. The summed E-state index contributed by atoms with van der Waals surface area (Å²) in [5.74, 6) is 0. The molecule has 1 heterocycles. The Labute approximate surface area is 171 Å². The maximum Gasteiger partial charge on any atom is 0.101 e. The second-order valence-corrected chi connectivity index (χ2v) is 8.59. The second-order valence-electron chi connectivity index (χ2n) is 8.59. The molecular weight excluding hydrogens is 328 g/mol. The Kier molecular flexibility index (Phi) is 15.7. The predicted molar refractivity (Wildman–Crippen MR) is 122 cm³/mol. The van der Waals surface area contributed by atoms with Gasteiger partial charge in [0.25, 0.3) is 0 Å². The molecule has 0 bridgehead atoms. The van der Waals surface area contributed by atoms with Crippen LogP contribution in [0.3, 0.4) is 0 Å². The van der Waals surface area contributed by atoms with Crippen molar-refractivity contribution in [3.63, 3.8) is 0 Å². The van der Waals surface area contributed by atoms with Gasteiger partial charge in [0.05, 0.1) is 0 Å². The van der Waals surface area contributed by atoms with E-state index in [1.54, 1.807) is 0 Å². The Bertz CT molecular complexity index is 339. The quantitative estimate of drug-likeness (QED) is 0.209. The highest BCUT2D eigenvalue weighted by Gasteiger charge is 2.23. The molecule has 2 nitrogen and oxygen atoms in total. The molecule has 0 radical (unpaired) electrons. The van der Waals surface area contributed by atoms with Crippen LogP contribution in [0.15, 0.2) is 12.4 Å². The molecule has 0 N–H and O–H groups in total. The lowest BCUT2D eigenvalue weighted by Gasteiger charge is -2.32. The first-order chi connectivity index (χ1) is 13.3. The molecule has 1 unspecified atom stereocenters. The highest BCUT2D eigenvalue weighted by molar-refractivity contribution is 4.96. The van der Waals surface area contributed by atoms with Gasteiger partial charge in [0.2, 0.25) is 0 Å². The summed E-state index contributed by atoms with van der Waals surface area (Å²) in [7, 11) is 0. The normalized spacial score (nSPS) is 16.6. The summed E-state index contributed by atoms with van der Waals surface area (Å²) in [6, 6.07) is 0. The average Bonchev–Trinajstić information content (AvgIpc) is 3.08. The van der Waals surface area contributed by atoms with Gasteiger partial charge in [0, 0.05) is 25.5 Å². The number of hydrogen-bond acceptors (Lipinski definition) is 2. The van der Waals surface area contributed by atoms with E-state index >= 15 is 0 Å². The summed E-state index contributed by atoms with van der Waals surface area (Å²) >= 11 is 0. The topological polar surface area (TPSA) is 6.48 Å². The van der Waals surface area contributed by atoms with Gasteiger partial charge in [-0.2, -0.15) is 0 Å². The Morgan fingerprint density at radius 2 is 0.963 bits per heavy atom. The molecule has 0 amide bonds. The van der Waals surface area contributed by atoms with Gasteiger partial charge in [-0.1, -0.05) is 104 Å². The molecule has 0 aliphatic carbocycles. The van der Waals surface area contributed by atoms with Crippen LogP contribution in [-0.2, 0) is 0 Å². The van der Waals surface area contributed by atoms with Gasteiger partial charge in [-0.15, -0.1) is 0 Å². The first-order valence-electron chi connectivity index (χ1n) is 12.5. The Morgan fingerprint density at radius 3 is 1.44 bits per heavy atom. The molecule has 0 spiro atoms. The number of hydrogen-bond donors (Lipinski definition) is 0. The van der Waals surface area contributed by atoms with Crippen molar-refractivity contribution in [1.82, 2.24) is 9.80 Å². The number of nitrogens with zero attached hydrogens (tertiary/aromatic N) is 2. The Morgan fingerprint density at radius 1 is 0.519 bits per heavy atom. The summed E-state index contributed by atoms with van der Waals surface area (Å²) in [5, 5.41) is 0. The van der Waals surface area contributed by atoms with Crippen LogP contribution in [0.1, 0.15) is 130 Å². The SMILES string of the molecule is CCCCCCCCCCCCCCCCC1N(CC)C=CN1CCCC. The van der Waals surface area contributed by atoms with E-state index < -0.39 is 0 Å². The van der Waals surface area contributed by atoms with E-state index in [4.69, 9.17) is 0 Å². The van der Waals surface area contributed by atoms with Crippen LogP contribution >= 0.6 is 0 Å². The van der Waals surface area contributed by atoms with E-state index in [2.05, 4.69) is 43.0 Å². The van der Waals surface area contributed by atoms with E-state index in [1.165, 1.54) is 116 Å². The van der Waals surface area contributed by atoms with Crippen molar-refractivity contribution >= 4 is 0 Å². The molecule has 27 heavy (non-hydrogen) atoms. The molecule has 1 atom stereocenters.